The largest absolute Gasteiger partial charge is 0.490 e. The molecular formula is C24H24N2O4S. The maximum atomic E-state index is 12.4. The van der Waals surface area contributed by atoms with Gasteiger partial charge in [-0.05, 0) is 56.7 Å². The van der Waals surface area contributed by atoms with Crippen molar-refractivity contribution in [2.24, 2.45) is 0 Å². The minimum atomic E-state index is -0.265. The molecule has 31 heavy (non-hydrogen) atoms. The van der Waals surface area contributed by atoms with E-state index in [0.29, 0.717) is 28.7 Å². The van der Waals surface area contributed by atoms with Gasteiger partial charge in [-0.15, -0.1) is 11.3 Å². The van der Waals surface area contributed by atoms with Crippen LogP contribution in [0, 0.1) is 13.8 Å². The predicted molar refractivity (Wildman–Crippen MR) is 123 cm³/mol. The van der Waals surface area contributed by atoms with Crippen LogP contribution in [0.2, 0.25) is 0 Å². The van der Waals surface area contributed by atoms with Crippen LogP contribution in [0.15, 0.2) is 54.6 Å². The van der Waals surface area contributed by atoms with E-state index in [1.165, 1.54) is 17.4 Å². The number of hydrogen-bond acceptors (Lipinski definition) is 6. The summed E-state index contributed by atoms with van der Waals surface area (Å²) in [5.74, 6) is 0.620. The second kappa shape index (κ2) is 10.5. The van der Waals surface area contributed by atoms with Gasteiger partial charge in [0.15, 0.2) is 23.9 Å². The minimum Gasteiger partial charge on any atom is -0.490 e. The van der Waals surface area contributed by atoms with Crippen LogP contribution in [0.4, 0.5) is 5.69 Å². The van der Waals surface area contributed by atoms with Crippen molar-refractivity contribution < 1.29 is 19.1 Å². The zero-order chi connectivity index (χ0) is 22.2. The van der Waals surface area contributed by atoms with Crippen molar-refractivity contribution in [2.45, 2.75) is 20.8 Å². The number of thiazole rings is 1. The Morgan fingerprint density at radius 2 is 1.84 bits per heavy atom. The number of aryl methyl sites for hydroxylation is 2. The van der Waals surface area contributed by atoms with Crippen molar-refractivity contribution in [1.82, 2.24) is 4.98 Å². The van der Waals surface area contributed by atoms with Crippen molar-refractivity contribution in [3.05, 3.63) is 75.7 Å². The fourth-order valence-corrected chi connectivity index (χ4v) is 3.73. The van der Waals surface area contributed by atoms with Crippen LogP contribution < -0.4 is 14.8 Å². The van der Waals surface area contributed by atoms with Crippen LogP contribution in [-0.2, 0) is 4.79 Å². The Labute approximate surface area is 185 Å². The second-order valence-corrected chi connectivity index (χ2v) is 7.89. The lowest BCUT2D eigenvalue weighted by Gasteiger charge is -2.12. The molecule has 0 aliphatic heterocycles. The summed E-state index contributed by atoms with van der Waals surface area (Å²) in [5, 5.41) is 3.64. The normalized spacial score (nSPS) is 10.8. The number of carbonyl (C=O) groups is 2. The molecule has 1 aromatic heterocycles. The SMILES string of the molecule is CCOc1cc(/C=C/C(=O)c2sc(C)nc2C)ccc1OCC(=O)Nc1ccccc1. The number of nitrogens with zero attached hydrogens (tertiary/aromatic N) is 1. The molecule has 6 nitrogen and oxygen atoms in total. The quantitative estimate of drug-likeness (QED) is 0.374. The second-order valence-electron chi connectivity index (χ2n) is 6.69. The molecule has 3 rings (SSSR count). The van der Waals surface area contributed by atoms with E-state index in [0.717, 1.165) is 16.3 Å². The number of para-hydroxylation sites is 1. The molecule has 2 aromatic carbocycles. The third kappa shape index (κ3) is 6.26. The van der Waals surface area contributed by atoms with E-state index in [1.807, 2.05) is 45.0 Å². The summed E-state index contributed by atoms with van der Waals surface area (Å²) in [7, 11) is 0. The van der Waals surface area contributed by atoms with Gasteiger partial charge in [0.05, 0.1) is 22.2 Å². The highest BCUT2D eigenvalue weighted by Crippen LogP contribution is 2.29. The Morgan fingerprint density at radius 3 is 2.52 bits per heavy atom. The third-order valence-corrected chi connectivity index (χ3v) is 5.33. The summed E-state index contributed by atoms with van der Waals surface area (Å²) in [6.45, 7) is 5.88. The molecule has 160 valence electrons. The monoisotopic (exact) mass is 436 g/mol. The standard InChI is InChI=1S/C24H24N2O4S/c1-4-29-22-14-18(10-12-20(27)24-16(2)25-17(3)31-24)11-13-21(22)30-15-23(28)26-19-8-6-5-7-9-19/h5-14H,4,15H2,1-3H3,(H,26,28)/b12-10+. The minimum absolute atomic E-state index is 0.0843. The molecule has 0 saturated carbocycles. The van der Waals surface area contributed by atoms with Crippen molar-refractivity contribution in [1.29, 1.82) is 0 Å². The van der Waals surface area contributed by atoms with E-state index >= 15 is 0 Å². The smallest absolute Gasteiger partial charge is 0.262 e. The molecule has 3 aromatic rings. The highest BCUT2D eigenvalue weighted by Gasteiger charge is 2.12. The number of ketones is 1. The molecule has 0 atom stereocenters. The maximum absolute atomic E-state index is 12.4. The summed E-state index contributed by atoms with van der Waals surface area (Å²) < 4.78 is 11.3. The number of amides is 1. The van der Waals surface area contributed by atoms with Gasteiger partial charge in [-0.3, -0.25) is 9.59 Å². The molecular weight excluding hydrogens is 412 g/mol. The Kier molecular flexibility index (Phi) is 7.56. The van der Waals surface area contributed by atoms with Crippen LogP contribution in [0.3, 0.4) is 0 Å². The van der Waals surface area contributed by atoms with Crippen LogP contribution in [-0.4, -0.2) is 29.9 Å². The van der Waals surface area contributed by atoms with Gasteiger partial charge in [-0.1, -0.05) is 30.3 Å². The summed E-state index contributed by atoms with van der Waals surface area (Å²) in [6.07, 6.45) is 3.25. The van der Waals surface area contributed by atoms with E-state index in [9.17, 15) is 9.59 Å². The predicted octanol–water partition coefficient (Wildman–Crippen LogP) is 5.07. The molecule has 0 radical (unpaired) electrons. The third-order valence-electron chi connectivity index (χ3n) is 4.24. The molecule has 0 bridgehead atoms. The fraction of sp³-hybridized carbons (Fsp3) is 0.208. The topological polar surface area (TPSA) is 77.5 Å². The molecule has 1 heterocycles. The lowest BCUT2D eigenvalue weighted by Crippen LogP contribution is -2.20. The van der Waals surface area contributed by atoms with Crippen LogP contribution in [0.25, 0.3) is 6.08 Å². The van der Waals surface area contributed by atoms with Gasteiger partial charge in [0, 0.05) is 5.69 Å². The lowest BCUT2D eigenvalue weighted by atomic mass is 10.1. The first-order valence-corrected chi connectivity index (χ1v) is 10.7. The van der Waals surface area contributed by atoms with E-state index in [-0.39, 0.29) is 18.3 Å². The highest BCUT2D eigenvalue weighted by atomic mass is 32.1. The van der Waals surface area contributed by atoms with E-state index in [4.69, 9.17) is 9.47 Å². The number of allylic oxidation sites excluding steroid dienone is 1. The van der Waals surface area contributed by atoms with Crippen molar-refractivity contribution in [3.8, 4) is 11.5 Å². The van der Waals surface area contributed by atoms with Crippen LogP contribution in [0.5, 0.6) is 11.5 Å². The zero-order valence-electron chi connectivity index (χ0n) is 17.7. The summed E-state index contributed by atoms with van der Waals surface area (Å²) >= 11 is 1.39. The number of aromatic nitrogens is 1. The lowest BCUT2D eigenvalue weighted by molar-refractivity contribution is -0.118. The number of hydrogen-bond donors (Lipinski definition) is 1. The van der Waals surface area contributed by atoms with Gasteiger partial charge in [0.25, 0.3) is 5.91 Å². The molecule has 0 saturated heterocycles. The average molecular weight is 437 g/mol. The van der Waals surface area contributed by atoms with Gasteiger partial charge >= 0.3 is 0 Å². The van der Waals surface area contributed by atoms with Crippen molar-refractivity contribution in [2.75, 3.05) is 18.5 Å². The molecule has 0 aliphatic carbocycles. The van der Waals surface area contributed by atoms with Gasteiger partial charge in [0.1, 0.15) is 0 Å². The van der Waals surface area contributed by atoms with Crippen molar-refractivity contribution >= 4 is 34.8 Å². The molecule has 0 unspecified atom stereocenters. The molecule has 1 N–H and O–H groups in total. The van der Waals surface area contributed by atoms with E-state index < -0.39 is 0 Å². The first kappa shape index (κ1) is 22.2. The Hall–Kier alpha value is -3.45. The maximum Gasteiger partial charge on any atom is 0.262 e. The Morgan fingerprint density at radius 1 is 1.06 bits per heavy atom. The summed E-state index contributed by atoms with van der Waals surface area (Å²) in [5.41, 5.74) is 2.24. The van der Waals surface area contributed by atoms with Crippen molar-refractivity contribution in [3.63, 3.8) is 0 Å². The first-order chi connectivity index (χ1) is 15.0. The molecule has 0 fully saturated rings. The molecule has 0 spiro atoms. The Balaban J connectivity index is 1.66. The number of carbonyl (C=O) groups excluding carboxylic acids is 2. The highest BCUT2D eigenvalue weighted by molar-refractivity contribution is 7.13. The van der Waals surface area contributed by atoms with Crippen LogP contribution in [0.1, 0.15) is 32.9 Å². The van der Waals surface area contributed by atoms with E-state index in [1.54, 1.807) is 30.3 Å². The summed E-state index contributed by atoms with van der Waals surface area (Å²) in [4.78, 5) is 29.5. The number of anilines is 1. The summed E-state index contributed by atoms with van der Waals surface area (Å²) in [6, 6.07) is 14.5. The Bertz CT molecular complexity index is 1090. The number of ether oxygens (including phenoxy) is 2. The molecule has 0 aliphatic rings. The zero-order valence-corrected chi connectivity index (χ0v) is 18.5. The number of rotatable bonds is 9. The molecule has 1 amide bonds. The van der Waals surface area contributed by atoms with Gasteiger partial charge in [-0.2, -0.15) is 0 Å². The first-order valence-electron chi connectivity index (χ1n) is 9.87. The number of nitrogens with one attached hydrogen (secondary N) is 1. The van der Waals surface area contributed by atoms with Crippen LogP contribution >= 0.6 is 11.3 Å². The van der Waals surface area contributed by atoms with Gasteiger partial charge < -0.3 is 14.8 Å². The average Bonchev–Trinajstić information content (AvgIpc) is 3.10. The number of benzene rings is 2. The molecule has 7 heteroatoms. The van der Waals surface area contributed by atoms with E-state index in [2.05, 4.69) is 10.3 Å². The fourth-order valence-electron chi connectivity index (χ4n) is 2.89. The van der Waals surface area contributed by atoms with Gasteiger partial charge in [0.2, 0.25) is 0 Å². The van der Waals surface area contributed by atoms with Gasteiger partial charge in [-0.25, -0.2) is 4.98 Å².